The maximum absolute atomic E-state index is 2.39. The van der Waals surface area contributed by atoms with E-state index in [1.54, 1.807) is 11.1 Å². The van der Waals surface area contributed by atoms with Crippen LogP contribution in [0, 0.1) is 0 Å². The van der Waals surface area contributed by atoms with Gasteiger partial charge >= 0.3 is 0 Å². The highest BCUT2D eigenvalue weighted by atomic mass is 14.1. The molecule has 0 spiro atoms. The fraction of sp³-hybridized carbons (Fsp3) is 0.263. The Hall–Kier alpha value is -1.82. The van der Waals surface area contributed by atoms with Gasteiger partial charge in [-0.1, -0.05) is 54.6 Å². The molecule has 0 nitrogen and oxygen atoms in total. The Morgan fingerprint density at radius 1 is 0.895 bits per heavy atom. The lowest BCUT2D eigenvalue weighted by molar-refractivity contribution is 0.685. The average Bonchev–Trinajstić information content (AvgIpc) is 2.48. The van der Waals surface area contributed by atoms with Gasteiger partial charge in [0.2, 0.25) is 0 Å². The summed E-state index contributed by atoms with van der Waals surface area (Å²) in [4.78, 5) is 0. The van der Waals surface area contributed by atoms with Gasteiger partial charge in [0.1, 0.15) is 0 Å². The summed E-state index contributed by atoms with van der Waals surface area (Å²) in [6, 6.07) is 17.5. The zero-order chi connectivity index (χ0) is 13.1. The third-order valence-corrected chi connectivity index (χ3v) is 3.99. The number of aryl methyl sites for hydroxylation is 2. The third-order valence-electron chi connectivity index (χ3n) is 3.99. The lowest BCUT2D eigenvalue weighted by Crippen LogP contribution is -2.02. The van der Waals surface area contributed by atoms with E-state index in [0.29, 0.717) is 0 Å². The van der Waals surface area contributed by atoms with Crippen molar-refractivity contribution in [1.29, 1.82) is 0 Å². The molecule has 0 N–H and O–H groups in total. The first-order chi connectivity index (χ1) is 9.33. The van der Waals surface area contributed by atoms with Crippen molar-refractivity contribution in [2.45, 2.75) is 32.6 Å². The lowest BCUT2D eigenvalue weighted by atomic mass is 9.89. The van der Waals surface area contributed by atoms with Gasteiger partial charge in [0.25, 0.3) is 0 Å². The van der Waals surface area contributed by atoms with Gasteiger partial charge < -0.3 is 0 Å². The smallest absolute Gasteiger partial charge is 0.0224 e. The summed E-state index contributed by atoms with van der Waals surface area (Å²) in [5.74, 6) is 0. The van der Waals surface area contributed by atoms with Crippen LogP contribution in [0.4, 0.5) is 0 Å². The normalized spacial score (nSPS) is 15.1. The summed E-state index contributed by atoms with van der Waals surface area (Å²) >= 11 is 0. The van der Waals surface area contributed by atoms with Crippen molar-refractivity contribution in [2.24, 2.45) is 0 Å². The summed E-state index contributed by atoms with van der Waals surface area (Å²) in [6.45, 7) is 2.21. The minimum absolute atomic E-state index is 1.25. The Labute approximate surface area is 115 Å². The predicted octanol–water partition coefficient (Wildman–Crippen LogP) is 5.13. The second kappa shape index (κ2) is 5.44. The maximum atomic E-state index is 2.39. The summed E-state index contributed by atoms with van der Waals surface area (Å²) in [5.41, 5.74) is 7.11. The first kappa shape index (κ1) is 12.2. The van der Waals surface area contributed by atoms with Crippen molar-refractivity contribution in [3.63, 3.8) is 0 Å². The van der Waals surface area contributed by atoms with E-state index in [-0.39, 0.29) is 0 Å². The van der Waals surface area contributed by atoms with Crippen LogP contribution in [0.15, 0.2) is 48.5 Å². The summed E-state index contributed by atoms with van der Waals surface area (Å²) in [7, 11) is 0. The van der Waals surface area contributed by atoms with Gasteiger partial charge in [-0.25, -0.2) is 0 Å². The Morgan fingerprint density at radius 2 is 1.63 bits per heavy atom. The quantitative estimate of drug-likeness (QED) is 0.647. The largest absolute Gasteiger partial charge is 0.0622 e. The minimum Gasteiger partial charge on any atom is -0.0622 e. The van der Waals surface area contributed by atoms with Gasteiger partial charge in [0.15, 0.2) is 0 Å². The first-order valence-corrected chi connectivity index (χ1v) is 7.18. The molecule has 0 saturated heterocycles. The molecule has 0 aromatic heterocycles. The van der Waals surface area contributed by atoms with E-state index in [2.05, 4.69) is 61.5 Å². The molecule has 3 rings (SSSR count). The Balaban J connectivity index is 1.91. The molecule has 0 saturated carbocycles. The fourth-order valence-electron chi connectivity index (χ4n) is 2.86. The van der Waals surface area contributed by atoms with Crippen LogP contribution in [0.5, 0.6) is 0 Å². The number of allylic oxidation sites excluding steroid dienone is 1. The van der Waals surface area contributed by atoms with E-state index in [4.69, 9.17) is 0 Å². The van der Waals surface area contributed by atoms with E-state index < -0.39 is 0 Å². The maximum Gasteiger partial charge on any atom is -0.0224 e. The molecule has 1 aliphatic rings. The minimum atomic E-state index is 1.25. The Morgan fingerprint density at radius 3 is 2.42 bits per heavy atom. The van der Waals surface area contributed by atoms with Crippen molar-refractivity contribution in [3.05, 3.63) is 70.8 Å². The SMILES string of the molecule is C/C(=C\c1ccccc1)c1ccc2c(c1)CCCC2. The van der Waals surface area contributed by atoms with Crippen LogP contribution in [0.25, 0.3) is 11.6 Å². The van der Waals surface area contributed by atoms with E-state index in [9.17, 15) is 0 Å². The number of fused-ring (bicyclic) bond motifs is 1. The highest BCUT2D eigenvalue weighted by Crippen LogP contribution is 2.26. The van der Waals surface area contributed by atoms with Crippen molar-refractivity contribution in [2.75, 3.05) is 0 Å². The van der Waals surface area contributed by atoms with E-state index >= 15 is 0 Å². The van der Waals surface area contributed by atoms with Crippen molar-refractivity contribution in [3.8, 4) is 0 Å². The monoisotopic (exact) mass is 248 g/mol. The van der Waals surface area contributed by atoms with Gasteiger partial charge in [-0.2, -0.15) is 0 Å². The lowest BCUT2D eigenvalue weighted by Gasteiger charge is -2.16. The molecule has 0 unspecified atom stereocenters. The van der Waals surface area contributed by atoms with Gasteiger partial charge in [-0.05, 0) is 60.4 Å². The van der Waals surface area contributed by atoms with Crippen LogP contribution in [-0.2, 0) is 12.8 Å². The van der Waals surface area contributed by atoms with Crippen LogP contribution in [-0.4, -0.2) is 0 Å². The zero-order valence-corrected chi connectivity index (χ0v) is 11.5. The molecule has 0 fully saturated rings. The number of hydrogen-bond donors (Lipinski definition) is 0. The molecule has 0 heteroatoms. The van der Waals surface area contributed by atoms with Gasteiger partial charge in [0, 0.05) is 0 Å². The molecule has 1 aliphatic carbocycles. The molecule has 0 amide bonds. The molecule has 0 atom stereocenters. The summed E-state index contributed by atoms with van der Waals surface area (Å²) in [5, 5.41) is 0. The third kappa shape index (κ3) is 2.78. The van der Waals surface area contributed by atoms with E-state index in [1.165, 1.54) is 42.4 Å². The molecule has 0 radical (unpaired) electrons. The van der Waals surface area contributed by atoms with Crippen molar-refractivity contribution < 1.29 is 0 Å². The second-order valence-corrected chi connectivity index (χ2v) is 5.43. The number of benzene rings is 2. The first-order valence-electron chi connectivity index (χ1n) is 7.18. The Kier molecular flexibility index (Phi) is 3.50. The van der Waals surface area contributed by atoms with Gasteiger partial charge in [-0.3, -0.25) is 0 Å². The predicted molar refractivity (Wildman–Crippen MR) is 83.1 cm³/mol. The molecule has 0 heterocycles. The molecule has 0 bridgehead atoms. The number of hydrogen-bond acceptors (Lipinski definition) is 0. The number of rotatable bonds is 2. The van der Waals surface area contributed by atoms with Crippen molar-refractivity contribution >= 4 is 11.6 Å². The molecule has 19 heavy (non-hydrogen) atoms. The van der Waals surface area contributed by atoms with Gasteiger partial charge in [-0.15, -0.1) is 0 Å². The summed E-state index contributed by atoms with van der Waals surface area (Å²) in [6.07, 6.45) is 7.48. The van der Waals surface area contributed by atoms with E-state index in [1.807, 2.05) is 0 Å². The van der Waals surface area contributed by atoms with Crippen LogP contribution in [0.3, 0.4) is 0 Å². The second-order valence-electron chi connectivity index (χ2n) is 5.43. The van der Waals surface area contributed by atoms with Crippen molar-refractivity contribution in [1.82, 2.24) is 0 Å². The molecule has 2 aromatic carbocycles. The highest BCUT2D eigenvalue weighted by molar-refractivity contribution is 5.80. The fourth-order valence-corrected chi connectivity index (χ4v) is 2.86. The molecular formula is C19H20. The molecule has 2 aromatic rings. The van der Waals surface area contributed by atoms with Crippen LogP contribution in [0.2, 0.25) is 0 Å². The molecular weight excluding hydrogens is 228 g/mol. The average molecular weight is 248 g/mol. The van der Waals surface area contributed by atoms with Gasteiger partial charge in [0.05, 0.1) is 0 Å². The summed E-state index contributed by atoms with van der Waals surface area (Å²) < 4.78 is 0. The topological polar surface area (TPSA) is 0 Å². The molecule has 96 valence electrons. The Bertz CT molecular complexity index is 591. The van der Waals surface area contributed by atoms with Crippen LogP contribution < -0.4 is 0 Å². The molecule has 0 aliphatic heterocycles. The van der Waals surface area contributed by atoms with E-state index in [0.717, 1.165) is 0 Å². The highest BCUT2D eigenvalue weighted by Gasteiger charge is 2.09. The standard InChI is InChI=1S/C19H20/c1-15(13-16-7-3-2-4-8-16)18-12-11-17-9-5-6-10-19(17)14-18/h2-4,7-8,11-14H,5-6,9-10H2,1H3/b15-13+. The van der Waals surface area contributed by atoms with Crippen LogP contribution in [0.1, 0.15) is 42.0 Å². The van der Waals surface area contributed by atoms with Crippen LogP contribution >= 0.6 is 0 Å². The zero-order valence-electron chi connectivity index (χ0n) is 11.5.